The number of benzene rings is 2. The molecule has 3 nitrogen and oxygen atoms in total. The number of hydrogen-bond acceptors (Lipinski definition) is 2. The van der Waals surface area contributed by atoms with Crippen LogP contribution < -0.4 is 0 Å². The van der Waals surface area contributed by atoms with Gasteiger partial charge >= 0.3 is 0 Å². The summed E-state index contributed by atoms with van der Waals surface area (Å²) in [6.07, 6.45) is 6.65. The first kappa shape index (κ1) is 26.0. The Morgan fingerprint density at radius 2 is 1.91 bits per heavy atom. The summed E-state index contributed by atoms with van der Waals surface area (Å²) >= 11 is 0. The van der Waals surface area contributed by atoms with Crippen molar-refractivity contribution in [2.75, 3.05) is 7.11 Å². The van der Waals surface area contributed by atoms with Crippen molar-refractivity contribution in [2.24, 2.45) is 5.92 Å². The number of Topliss-reactive ketones (excluding diaryl/α,β-unsaturated/α-hetero) is 1. The van der Waals surface area contributed by atoms with E-state index in [1.54, 1.807) is 13.2 Å². The van der Waals surface area contributed by atoms with Crippen molar-refractivity contribution < 1.29 is 13.9 Å². The summed E-state index contributed by atoms with van der Waals surface area (Å²) in [6, 6.07) is 12.8. The first-order chi connectivity index (χ1) is 16.7. The Kier molecular flexibility index (Phi) is 8.29. The average Bonchev–Trinajstić information content (AvgIpc) is 3.13. The molecule has 2 aromatic carbocycles. The molecule has 0 saturated heterocycles. The second-order valence-corrected chi connectivity index (χ2v) is 8.99. The predicted octanol–water partition coefficient (Wildman–Crippen LogP) is 8.07. The third-order valence-electron chi connectivity index (χ3n) is 6.41. The Bertz CT molecular complexity index is 1340. The number of carbonyl (C=O) groups is 1. The standard InChI is InChI=1S/C31H34FNO2/c1-8-9-12-20(2)21(3)16-30(34)31-23(5)33(29-14-11-10-13-28(29)31)27-18-25(17-26(32)19-27)15-22(4)24(6)35-7/h8-14,17-19,22H,3,6,15-16H2,1-2,4-5,7H3/b9-8-,20-12-. The highest BCUT2D eigenvalue weighted by Gasteiger charge is 2.22. The van der Waals surface area contributed by atoms with Crippen molar-refractivity contribution in [3.63, 3.8) is 0 Å². The van der Waals surface area contributed by atoms with Crippen LogP contribution in [-0.4, -0.2) is 17.5 Å². The highest BCUT2D eigenvalue weighted by molar-refractivity contribution is 6.11. The highest BCUT2D eigenvalue weighted by Crippen LogP contribution is 2.32. The quantitative estimate of drug-likeness (QED) is 0.170. The Labute approximate surface area is 207 Å². The number of rotatable bonds is 10. The van der Waals surface area contributed by atoms with Crippen molar-refractivity contribution >= 4 is 16.7 Å². The predicted molar refractivity (Wildman–Crippen MR) is 144 cm³/mol. The van der Waals surface area contributed by atoms with Gasteiger partial charge in [0.2, 0.25) is 0 Å². The fourth-order valence-electron chi connectivity index (χ4n) is 4.38. The minimum absolute atomic E-state index is 0.00248. The Hall–Kier alpha value is -3.66. The second kappa shape index (κ2) is 11.2. The third kappa shape index (κ3) is 5.71. The number of carbonyl (C=O) groups excluding carboxylic acids is 1. The van der Waals surface area contributed by atoms with E-state index in [1.807, 2.05) is 80.8 Å². The molecule has 1 atom stereocenters. The molecule has 0 fully saturated rings. The van der Waals surface area contributed by atoms with E-state index in [2.05, 4.69) is 13.2 Å². The molecule has 35 heavy (non-hydrogen) atoms. The molecule has 182 valence electrons. The summed E-state index contributed by atoms with van der Waals surface area (Å²) in [6.45, 7) is 15.9. The number of allylic oxidation sites excluding steroid dienone is 6. The Balaban J connectivity index is 2.08. The van der Waals surface area contributed by atoms with Crippen molar-refractivity contribution in [3.8, 4) is 5.69 Å². The lowest BCUT2D eigenvalue weighted by molar-refractivity contribution is 0.0994. The number of ketones is 1. The maximum atomic E-state index is 14.7. The summed E-state index contributed by atoms with van der Waals surface area (Å²) in [5, 5.41) is 0.852. The van der Waals surface area contributed by atoms with Crippen LogP contribution in [-0.2, 0) is 11.2 Å². The minimum Gasteiger partial charge on any atom is -0.501 e. The van der Waals surface area contributed by atoms with Crippen LogP contribution in [0.25, 0.3) is 16.6 Å². The lowest BCUT2D eigenvalue weighted by Gasteiger charge is -2.16. The van der Waals surface area contributed by atoms with Gasteiger partial charge in [-0.15, -0.1) is 0 Å². The van der Waals surface area contributed by atoms with Gasteiger partial charge in [-0.25, -0.2) is 4.39 Å². The zero-order valence-corrected chi connectivity index (χ0v) is 21.3. The molecule has 0 saturated carbocycles. The molecule has 0 aliphatic heterocycles. The third-order valence-corrected chi connectivity index (χ3v) is 6.41. The van der Waals surface area contributed by atoms with Gasteiger partial charge in [-0.05, 0) is 68.2 Å². The lowest BCUT2D eigenvalue weighted by Crippen LogP contribution is -2.07. The number of para-hydroxylation sites is 1. The van der Waals surface area contributed by atoms with Crippen LogP contribution in [0.4, 0.5) is 4.39 Å². The Morgan fingerprint density at radius 1 is 1.20 bits per heavy atom. The van der Waals surface area contributed by atoms with Gasteiger partial charge in [-0.2, -0.15) is 0 Å². The molecule has 0 amide bonds. The zero-order valence-electron chi connectivity index (χ0n) is 21.3. The van der Waals surface area contributed by atoms with E-state index in [0.29, 0.717) is 23.4 Å². The van der Waals surface area contributed by atoms with Gasteiger partial charge in [0.1, 0.15) is 5.82 Å². The van der Waals surface area contributed by atoms with Crippen molar-refractivity contribution in [1.29, 1.82) is 0 Å². The van der Waals surface area contributed by atoms with Crippen molar-refractivity contribution in [3.05, 3.63) is 113 Å². The highest BCUT2D eigenvalue weighted by atomic mass is 19.1. The van der Waals surface area contributed by atoms with Gasteiger partial charge in [-0.1, -0.05) is 56.5 Å². The van der Waals surface area contributed by atoms with E-state index in [0.717, 1.165) is 33.3 Å². The molecule has 0 aliphatic carbocycles. The van der Waals surface area contributed by atoms with E-state index in [9.17, 15) is 9.18 Å². The van der Waals surface area contributed by atoms with Gasteiger partial charge in [0.15, 0.2) is 5.78 Å². The number of fused-ring (bicyclic) bond motifs is 1. The monoisotopic (exact) mass is 471 g/mol. The van der Waals surface area contributed by atoms with Crippen LogP contribution in [0.15, 0.2) is 90.8 Å². The molecule has 0 N–H and O–H groups in total. The largest absolute Gasteiger partial charge is 0.501 e. The number of halogens is 1. The summed E-state index contributed by atoms with van der Waals surface area (Å²) in [4.78, 5) is 13.5. The number of ether oxygens (including phenoxy) is 1. The van der Waals surface area contributed by atoms with Crippen LogP contribution in [0, 0.1) is 18.7 Å². The molecule has 0 bridgehead atoms. The average molecular weight is 472 g/mol. The van der Waals surface area contributed by atoms with Crippen molar-refractivity contribution in [2.45, 2.75) is 40.5 Å². The molecule has 4 heteroatoms. The minimum atomic E-state index is -0.323. The van der Waals surface area contributed by atoms with Gasteiger partial charge in [0.25, 0.3) is 0 Å². The normalized spacial score (nSPS) is 12.8. The van der Waals surface area contributed by atoms with Crippen LogP contribution in [0.5, 0.6) is 0 Å². The Morgan fingerprint density at radius 3 is 2.60 bits per heavy atom. The first-order valence-corrected chi connectivity index (χ1v) is 11.8. The summed E-state index contributed by atoms with van der Waals surface area (Å²) in [5.74, 6) is 0.373. The summed E-state index contributed by atoms with van der Waals surface area (Å²) in [5.41, 5.74) is 5.58. The zero-order chi connectivity index (χ0) is 25.7. The summed E-state index contributed by atoms with van der Waals surface area (Å²) in [7, 11) is 1.59. The topological polar surface area (TPSA) is 31.2 Å². The molecule has 3 aromatic rings. The smallest absolute Gasteiger partial charge is 0.169 e. The van der Waals surface area contributed by atoms with E-state index in [4.69, 9.17) is 4.74 Å². The van der Waals surface area contributed by atoms with E-state index in [-0.39, 0.29) is 23.9 Å². The van der Waals surface area contributed by atoms with Crippen LogP contribution in [0.1, 0.15) is 48.8 Å². The molecule has 1 unspecified atom stereocenters. The lowest BCUT2D eigenvalue weighted by atomic mass is 9.97. The van der Waals surface area contributed by atoms with Gasteiger partial charge in [0, 0.05) is 34.7 Å². The molecule has 3 rings (SSSR count). The van der Waals surface area contributed by atoms with Gasteiger partial charge in [0.05, 0.1) is 18.4 Å². The van der Waals surface area contributed by atoms with E-state index < -0.39 is 0 Å². The number of hydrogen-bond donors (Lipinski definition) is 0. The number of nitrogens with zero attached hydrogens (tertiary/aromatic N) is 1. The molecule has 1 heterocycles. The van der Waals surface area contributed by atoms with Crippen LogP contribution >= 0.6 is 0 Å². The molecular formula is C31H34FNO2. The number of methoxy groups -OCH3 is 1. The van der Waals surface area contributed by atoms with Gasteiger partial charge < -0.3 is 9.30 Å². The maximum absolute atomic E-state index is 14.7. The second-order valence-electron chi connectivity index (χ2n) is 8.99. The molecular weight excluding hydrogens is 437 g/mol. The van der Waals surface area contributed by atoms with Crippen LogP contribution in [0.2, 0.25) is 0 Å². The number of aromatic nitrogens is 1. The first-order valence-electron chi connectivity index (χ1n) is 11.8. The maximum Gasteiger partial charge on any atom is 0.169 e. The molecule has 0 radical (unpaired) electrons. The molecule has 1 aromatic heterocycles. The SMILES string of the molecule is C=C(CC(=O)c1c(C)n(-c2cc(F)cc(CC(C)C(=C)OC)c2)c2ccccc12)/C(C)=C\C=C/C. The van der Waals surface area contributed by atoms with Gasteiger partial charge in [-0.3, -0.25) is 4.79 Å². The van der Waals surface area contributed by atoms with Crippen LogP contribution in [0.3, 0.4) is 0 Å². The van der Waals surface area contributed by atoms with E-state index >= 15 is 0 Å². The fourth-order valence-corrected chi connectivity index (χ4v) is 4.38. The summed E-state index contributed by atoms with van der Waals surface area (Å²) < 4.78 is 22.0. The van der Waals surface area contributed by atoms with Crippen molar-refractivity contribution in [1.82, 2.24) is 4.57 Å². The molecule has 0 aliphatic rings. The fraction of sp³-hybridized carbons (Fsp3) is 0.258. The molecule has 0 spiro atoms. The van der Waals surface area contributed by atoms with E-state index in [1.165, 1.54) is 6.07 Å².